The Hall–Kier alpha value is -0.750. The number of hydrogen-bond acceptors (Lipinski definition) is 4. The molecular formula is C10H20N4OS. The zero-order chi connectivity index (χ0) is 12.3. The second-order valence-corrected chi connectivity index (χ2v) is 5.83. The molecule has 1 rings (SSSR count). The highest BCUT2D eigenvalue weighted by molar-refractivity contribution is 7.99. The summed E-state index contributed by atoms with van der Waals surface area (Å²) in [5.41, 5.74) is 5.96. The number of aromatic amines is 1. The number of aromatic nitrogens is 3. The number of nitrogens with two attached hydrogens (primary N) is 1. The summed E-state index contributed by atoms with van der Waals surface area (Å²) in [5.74, 6) is 0.758. The summed E-state index contributed by atoms with van der Waals surface area (Å²) in [6.45, 7) is 8.87. The van der Waals surface area contributed by atoms with Crippen LogP contribution in [0.5, 0.6) is 0 Å². The van der Waals surface area contributed by atoms with Gasteiger partial charge in [-0.25, -0.2) is 9.89 Å². The highest BCUT2D eigenvalue weighted by atomic mass is 32.2. The van der Waals surface area contributed by atoms with Gasteiger partial charge in [-0.15, -0.1) is 5.10 Å². The lowest BCUT2D eigenvalue weighted by molar-refractivity contribution is 0.344. The van der Waals surface area contributed by atoms with Crippen molar-refractivity contribution in [1.29, 1.82) is 0 Å². The first-order valence-corrected chi connectivity index (χ1v) is 6.38. The first-order valence-electron chi connectivity index (χ1n) is 5.39. The highest BCUT2D eigenvalue weighted by Gasteiger charge is 2.21. The van der Waals surface area contributed by atoms with Crippen molar-refractivity contribution in [2.75, 3.05) is 5.75 Å². The summed E-state index contributed by atoms with van der Waals surface area (Å²) in [4.78, 5) is 11.3. The quantitative estimate of drug-likeness (QED) is 0.776. The van der Waals surface area contributed by atoms with Gasteiger partial charge in [0.1, 0.15) is 0 Å². The largest absolute Gasteiger partial charge is 0.343 e. The summed E-state index contributed by atoms with van der Waals surface area (Å²) in [5, 5.41) is 7.13. The van der Waals surface area contributed by atoms with E-state index in [-0.39, 0.29) is 17.1 Å². The molecule has 0 fully saturated rings. The third-order valence-corrected chi connectivity index (χ3v) is 3.64. The third kappa shape index (κ3) is 3.12. The van der Waals surface area contributed by atoms with Crippen LogP contribution in [0.3, 0.4) is 0 Å². The molecule has 92 valence electrons. The van der Waals surface area contributed by atoms with Gasteiger partial charge in [0.25, 0.3) is 0 Å². The zero-order valence-electron chi connectivity index (χ0n) is 10.3. The van der Waals surface area contributed by atoms with Crippen LogP contribution in [0.15, 0.2) is 9.95 Å². The van der Waals surface area contributed by atoms with E-state index < -0.39 is 0 Å². The second-order valence-electron chi connectivity index (χ2n) is 4.84. The maximum atomic E-state index is 11.3. The number of thioether (sulfide) groups is 1. The van der Waals surface area contributed by atoms with E-state index in [9.17, 15) is 4.79 Å². The summed E-state index contributed by atoms with van der Waals surface area (Å²) < 4.78 is 1.61. The van der Waals surface area contributed by atoms with Gasteiger partial charge >= 0.3 is 5.69 Å². The Labute approximate surface area is 99.8 Å². The number of rotatable bonds is 4. The van der Waals surface area contributed by atoms with Crippen LogP contribution >= 0.6 is 11.8 Å². The Balaban J connectivity index is 2.65. The van der Waals surface area contributed by atoms with Crippen molar-refractivity contribution in [3.05, 3.63) is 10.5 Å². The first-order chi connectivity index (χ1) is 7.36. The zero-order valence-corrected chi connectivity index (χ0v) is 11.1. The van der Waals surface area contributed by atoms with Crippen LogP contribution in [0.4, 0.5) is 0 Å². The minimum absolute atomic E-state index is 0.0701. The van der Waals surface area contributed by atoms with Gasteiger partial charge in [-0.2, -0.15) is 0 Å². The molecule has 0 aliphatic rings. The Bertz CT molecular complexity index is 390. The molecule has 5 nitrogen and oxygen atoms in total. The molecule has 0 saturated carbocycles. The molecule has 0 aliphatic heterocycles. The average molecular weight is 244 g/mol. The predicted octanol–water partition coefficient (Wildman–Crippen LogP) is 1.06. The van der Waals surface area contributed by atoms with Gasteiger partial charge in [0, 0.05) is 18.3 Å². The van der Waals surface area contributed by atoms with E-state index in [1.54, 1.807) is 4.57 Å². The van der Waals surface area contributed by atoms with E-state index in [0.29, 0.717) is 11.7 Å². The van der Waals surface area contributed by atoms with Gasteiger partial charge in [0.15, 0.2) is 5.16 Å². The summed E-state index contributed by atoms with van der Waals surface area (Å²) in [6, 6.07) is 0.0783. The van der Waals surface area contributed by atoms with Crippen LogP contribution in [0.2, 0.25) is 0 Å². The fourth-order valence-electron chi connectivity index (χ4n) is 1.11. The SMILES string of the molecule is CCn1c(SCC(N)C(C)(C)C)n[nH]c1=O. The fraction of sp³-hybridized carbons (Fsp3) is 0.800. The molecule has 1 heterocycles. The van der Waals surface area contributed by atoms with E-state index in [0.717, 1.165) is 5.75 Å². The molecule has 1 aromatic heterocycles. The van der Waals surface area contributed by atoms with E-state index in [2.05, 4.69) is 31.0 Å². The number of hydrogen-bond donors (Lipinski definition) is 2. The first kappa shape index (κ1) is 13.3. The minimum atomic E-state index is -0.158. The summed E-state index contributed by atoms with van der Waals surface area (Å²) in [7, 11) is 0. The Morgan fingerprint density at radius 2 is 2.19 bits per heavy atom. The Kier molecular flexibility index (Phi) is 4.21. The smallest absolute Gasteiger partial charge is 0.326 e. The lowest BCUT2D eigenvalue weighted by atomic mass is 9.89. The van der Waals surface area contributed by atoms with Crippen molar-refractivity contribution in [3.63, 3.8) is 0 Å². The van der Waals surface area contributed by atoms with Crippen LogP contribution < -0.4 is 11.4 Å². The average Bonchev–Trinajstić information content (AvgIpc) is 2.54. The van der Waals surface area contributed by atoms with Gasteiger partial charge < -0.3 is 5.73 Å². The predicted molar refractivity (Wildman–Crippen MR) is 66.7 cm³/mol. The van der Waals surface area contributed by atoms with E-state index in [1.165, 1.54) is 11.8 Å². The van der Waals surface area contributed by atoms with Crippen LogP contribution in [0.25, 0.3) is 0 Å². The molecule has 1 unspecified atom stereocenters. The topological polar surface area (TPSA) is 76.7 Å². The fourth-order valence-corrected chi connectivity index (χ4v) is 2.41. The summed E-state index contributed by atoms with van der Waals surface area (Å²) in [6.07, 6.45) is 0. The standard InChI is InChI=1S/C10H20N4OS/c1-5-14-8(15)12-13-9(14)16-6-7(11)10(2,3)4/h7H,5-6,11H2,1-4H3,(H,12,15). The van der Waals surface area contributed by atoms with Crippen LogP contribution in [0, 0.1) is 5.41 Å². The maximum Gasteiger partial charge on any atom is 0.343 e. The number of H-pyrrole nitrogens is 1. The van der Waals surface area contributed by atoms with E-state index in [4.69, 9.17) is 5.73 Å². The van der Waals surface area contributed by atoms with Gasteiger partial charge in [0.2, 0.25) is 0 Å². The van der Waals surface area contributed by atoms with E-state index in [1.807, 2.05) is 6.92 Å². The monoisotopic (exact) mass is 244 g/mol. The van der Waals surface area contributed by atoms with Crippen molar-refractivity contribution in [2.24, 2.45) is 11.1 Å². The molecule has 0 amide bonds. The molecule has 1 atom stereocenters. The minimum Gasteiger partial charge on any atom is -0.326 e. The lowest BCUT2D eigenvalue weighted by Gasteiger charge is -2.26. The Morgan fingerprint density at radius 3 is 2.69 bits per heavy atom. The van der Waals surface area contributed by atoms with Gasteiger partial charge in [-0.05, 0) is 12.3 Å². The Morgan fingerprint density at radius 1 is 1.56 bits per heavy atom. The van der Waals surface area contributed by atoms with E-state index >= 15 is 0 Å². The number of nitrogens with one attached hydrogen (secondary N) is 1. The molecule has 0 aromatic carbocycles. The molecule has 0 spiro atoms. The van der Waals surface area contributed by atoms with Crippen molar-refractivity contribution >= 4 is 11.8 Å². The van der Waals surface area contributed by atoms with Crippen LogP contribution in [0.1, 0.15) is 27.7 Å². The molecule has 3 N–H and O–H groups in total. The molecule has 0 bridgehead atoms. The third-order valence-electron chi connectivity index (χ3n) is 2.54. The number of nitrogens with zero attached hydrogens (tertiary/aromatic N) is 2. The molecular weight excluding hydrogens is 224 g/mol. The normalized spacial score (nSPS) is 14.1. The van der Waals surface area contributed by atoms with Crippen LogP contribution in [-0.2, 0) is 6.54 Å². The van der Waals surface area contributed by atoms with Crippen molar-refractivity contribution in [1.82, 2.24) is 14.8 Å². The van der Waals surface area contributed by atoms with Crippen molar-refractivity contribution in [3.8, 4) is 0 Å². The molecule has 1 aromatic rings. The lowest BCUT2D eigenvalue weighted by Crippen LogP contribution is -2.37. The molecule has 16 heavy (non-hydrogen) atoms. The van der Waals surface area contributed by atoms with Gasteiger partial charge in [-0.3, -0.25) is 4.57 Å². The van der Waals surface area contributed by atoms with Crippen LogP contribution in [-0.4, -0.2) is 26.6 Å². The van der Waals surface area contributed by atoms with Gasteiger partial charge in [0.05, 0.1) is 0 Å². The maximum absolute atomic E-state index is 11.3. The summed E-state index contributed by atoms with van der Waals surface area (Å²) >= 11 is 1.52. The molecule has 0 saturated heterocycles. The van der Waals surface area contributed by atoms with Gasteiger partial charge in [-0.1, -0.05) is 32.5 Å². The second kappa shape index (κ2) is 5.05. The molecule has 0 aliphatic carbocycles. The van der Waals surface area contributed by atoms with Crippen molar-refractivity contribution in [2.45, 2.75) is 45.4 Å². The highest BCUT2D eigenvalue weighted by Crippen LogP contribution is 2.23. The molecule has 6 heteroatoms. The molecule has 0 radical (unpaired) electrons. The van der Waals surface area contributed by atoms with Crippen molar-refractivity contribution < 1.29 is 0 Å².